The Morgan fingerprint density at radius 2 is 1.47 bits per heavy atom. The molecule has 0 aromatic heterocycles. The van der Waals surface area contributed by atoms with Crippen molar-refractivity contribution in [2.45, 2.75) is 6.92 Å². The standard InChI is InChI=1S/C25H23N3O8/c1-13(29)20-19(25(33)34)11-15(12-36-35)21(22(20)30)24(32)28-18-9-7-17(8-10-18)27-23(31)14-3-5-16(26-2)6-4-14/h3-11,21,26,35H,12H2,1-2H3,(H,27,31)(H,28,32)(H,33,34). The second-order valence-electron chi connectivity index (χ2n) is 7.79. The fraction of sp³-hybridized carbons (Fsp3) is 0.160. The molecular weight excluding hydrogens is 470 g/mol. The molecule has 0 saturated heterocycles. The van der Waals surface area contributed by atoms with Crippen LogP contribution in [-0.2, 0) is 24.1 Å². The van der Waals surface area contributed by atoms with Gasteiger partial charge >= 0.3 is 5.97 Å². The van der Waals surface area contributed by atoms with E-state index in [1.807, 2.05) is 0 Å². The zero-order chi connectivity index (χ0) is 26.4. The minimum Gasteiger partial charge on any atom is -0.478 e. The summed E-state index contributed by atoms with van der Waals surface area (Å²) in [7, 11) is 1.77. The van der Waals surface area contributed by atoms with Crippen molar-refractivity contribution < 1.29 is 39.2 Å². The lowest BCUT2D eigenvalue weighted by molar-refractivity contribution is -0.235. The molecule has 1 unspecified atom stereocenters. The van der Waals surface area contributed by atoms with Crippen LogP contribution in [0.25, 0.3) is 0 Å². The van der Waals surface area contributed by atoms with Crippen LogP contribution < -0.4 is 16.0 Å². The van der Waals surface area contributed by atoms with E-state index >= 15 is 0 Å². The minimum atomic E-state index is -1.58. The number of nitrogens with one attached hydrogen (secondary N) is 3. The molecule has 186 valence electrons. The number of hydrogen-bond donors (Lipinski definition) is 5. The number of ketones is 2. The lowest BCUT2D eigenvalue weighted by Crippen LogP contribution is -2.38. The molecule has 3 rings (SSSR count). The summed E-state index contributed by atoms with van der Waals surface area (Å²) in [5.41, 5.74) is 0.696. The highest BCUT2D eigenvalue weighted by Crippen LogP contribution is 2.29. The number of carboxylic acid groups (broad SMARTS) is 1. The van der Waals surface area contributed by atoms with Crippen LogP contribution in [0, 0.1) is 5.92 Å². The molecule has 0 heterocycles. The quantitative estimate of drug-likeness (QED) is 0.152. The number of anilines is 3. The first-order chi connectivity index (χ1) is 17.2. The highest BCUT2D eigenvalue weighted by Gasteiger charge is 2.40. The number of aliphatic carboxylic acids is 1. The van der Waals surface area contributed by atoms with Gasteiger partial charge in [-0.3, -0.25) is 24.4 Å². The molecule has 0 radical (unpaired) electrons. The second kappa shape index (κ2) is 11.2. The summed E-state index contributed by atoms with van der Waals surface area (Å²) in [4.78, 5) is 65.8. The van der Waals surface area contributed by atoms with Crippen molar-refractivity contribution in [2.24, 2.45) is 5.92 Å². The summed E-state index contributed by atoms with van der Waals surface area (Å²) in [6, 6.07) is 12.9. The van der Waals surface area contributed by atoms with Gasteiger partial charge in [0.25, 0.3) is 5.91 Å². The fourth-order valence-corrected chi connectivity index (χ4v) is 3.65. The van der Waals surface area contributed by atoms with Crippen molar-refractivity contribution in [1.29, 1.82) is 0 Å². The summed E-state index contributed by atoms with van der Waals surface area (Å²) in [6.45, 7) is 0.403. The van der Waals surface area contributed by atoms with E-state index in [1.165, 1.54) is 24.3 Å². The van der Waals surface area contributed by atoms with E-state index in [0.717, 1.165) is 18.7 Å². The number of carboxylic acids is 1. The Morgan fingerprint density at radius 3 is 1.97 bits per heavy atom. The van der Waals surface area contributed by atoms with Crippen molar-refractivity contribution in [3.05, 3.63) is 76.9 Å². The molecule has 11 heteroatoms. The van der Waals surface area contributed by atoms with Gasteiger partial charge < -0.3 is 21.1 Å². The molecular formula is C25H23N3O8. The highest BCUT2D eigenvalue weighted by atomic mass is 17.1. The number of rotatable bonds is 9. The maximum absolute atomic E-state index is 12.9. The molecule has 36 heavy (non-hydrogen) atoms. The van der Waals surface area contributed by atoms with Crippen LogP contribution >= 0.6 is 0 Å². The fourth-order valence-electron chi connectivity index (χ4n) is 3.65. The molecule has 1 aliphatic carbocycles. The summed E-state index contributed by atoms with van der Waals surface area (Å²) in [6.07, 6.45) is 0.975. The number of Topliss-reactive ketones (excluding diaryl/α,β-unsaturated/α-hetero) is 2. The zero-order valence-electron chi connectivity index (χ0n) is 19.3. The summed E-state index contributed by atoms with van der Waals surface area (Å²) in [5, 5.41) is 26.4. The lowest BCUT2D eigenvalue weighted by Gasteiger charge is -2.23. The van der Waals surface area contributed by atoms with Gasteiger partial charge in [-0.05, 0) is 67.1 Å². The molecule has 0 aliphatic heterocycles. The van der Waals surface area contributed by atoms with E-state index in [9.17, 15) is 29.1 Å². The Bertz CT molecular complexity index is 1280. The van der Waals surface area contributed by atoms with Gasteiger partial charge in [0, 0.05) is 29.7 Å². The topological polar surface area (TPSA) is 171 Å². The third-order valence-corrected chi connectivity index (χ3v) is 5.40. The van der Waals surface area contributed by atoms with Crippen LogP contribution in [0.3, 0.4) is 0 Å². The molecule has 11 nitrogen and oxygen atoms in total. The number of benzene rings is 2. The number of carbonyl (C=O) groups excluding carboxylic acids is 4. The van der Waals surface area contributed by atoms with E-state index in [4.69, 9.17) is 5.26 Å². The second-order valence-corrected chi connectivity index (χ2v) is 7.79. The molecule has 0 spiro atoms. The summed E-state index contributed by atoms with van der Waals surface area (Å²) >= 11 is 0. The molecule has 0 saturated carbocycles. The van der Waals surface area contributed by atoms with Crippen LogP contribution in [-0.4, -0.2) is 53.4 Å². The molecule has 1 aliphatic rings. The van der Waals surface area contributed by atoms with Crippen molar-refractivity contribution in [1.82, 2.24) is 0 Å². The smallest absolute Gasteiger partial charge is 0.336 e. The van der Waals surface area contributed by atoms with Crippen molar-refractivity contribution in [3.63, 3.8) is 0 Å². The largest absolute Gasteiger partial charge is 0.478 e. The van der Waals surface area contributed by atoms with Crippen molar-refractivity contribution in [2.75, 3.05) is 29.6 Å². The maximum atomic E-state index is 12.9. The first-order valence-electron chi connectivity index (χ1n) is 10.7. The average molecular weight is 493 g/mol. The molecule has 1 atom stereocenters. The van der Waals surface area contributed by atoms with Gasteiger partial charge in [-0.2, -0.15) is 0 Å². The molecule has 2 aromatic rings. The Morgan fingerprint density at radius 1 is 0.917 bits per heavy atom. The predicted octanol–water partition coefficient (Wildman–Crippen LogP) is 2.50. The Labute approximate surface area is 205 Å². The SMILES string of the molecule is CNc1ccc(C(=O)Nc2ccc(NC(=O)C3C(=O)C(C(C)=O)=C(C(=O)O)C=C3COO)cc2)cc1. The van der Waals surface area contributed by atoms with Gasteiger partial charge in [0.05, 0.1) is 11.1 Å². The van der Waals surface area contributed by atoms with Gasteiger partial charge in [0.15, 0.2) is 11.6 Å². The minimum absolute atomic E-state index is 0.129. The van der Waals surface area contributed by atoms with Crippen LogP contribution in [0.15, 0.2) is 71.3 Å². The number of hydrogen-bond acceptors (Lipinski definition) is 8. The molecule has 0 fully saturated rings. The Kier molecular flexibility index (Phi) is 8.10. The number of allylic oxidation sites excluding steroid dienone is 1. The van der Waals surface area contributed by atoms with Gasteiger partial charge in [-0.25, -0.2) is 9.68 Å². The normalized spacial score (nSPS) is 15.1. The van der Waals surface area contributed by atoms with Crippen LogP contribution in [0.1, 0.15) is 17.3 Å². The maximum Gasteiger partial charge on any atom is 0.336 e. The molecule has 5 N–H and O–H groups in total. The molecule has 2 amide bonds. The average Bonchev–Trinajstić information content (AvgIpc) is 2.84. The number of carbonyl (C=O) groups is 5. The van der Waals surface area contributed by atoms with E-state index in [2.05, 4.69) is 20.8 Å². The first kappa shape index (κ1) is 26.0. The predicted molar refractivity (Wildman–Crippen MR) is 130 cm³/mol. The van der Waals surface area contributed by atoms with Gasteiger partial charge in [-0.15, -0.1) is 0 Å². The third-order valence-electron chi connectivity index (χ3n) is 5.40. The van der Waals surface area contributed by atoms with Gasteiger partial charge in [-0.1, -0.05) is 0 Å². The lowest BCUT2D eigenvalue weighted by atomic mass is 9.80. The third kappa shape index (κ3) is 5.71. The number of amides is 2. The van der Waals surface area contributed by atoms with E-state index in [-0.39, 0.29) is 17.2 Å². The Balaban J connectivity index is 1.75. The van der Waals surface area contributed by atoms with Crippen molar-refractivity contribution in [3.8, 4) is 0 Å². The Hall–Kier alpha value is -4.61. The van der Waals surface area contributed by atoms with Crippen molar-refractivity contribution >= 4 is 46.4 Å². The zero-order valence-corrected chi connectivity index (χ0v) is 19.3. The summed E-state index contributed by atoms with van der Waals surface area (Å²) in [5.74, 6) is -6.12. The van der Waals surface area contributed by atoms with E-state index in [1.54, 1.807) is 31.3 Å². The van der Waals surface area contributed by atoms with Crippen LogP contribution in [0.4, 0.5) is 17.1 Å². The monoisotopic (exact) mass is 493 g/mol. The highest BCUT2D eigenvalue weighted by molar-refractivity contribution is 6.31. The van der Waals surface area contributed by atoms with Gasteiger partial charge in [0.1, 0.15) is 12.5 Å². The van der Waals surface area contributed by atoms with E-state index in [0.29, 0.717) is 11.3 Å². The summed E-state index contributed by atoms with van der Waals surface area (Å²) < 4.78 is 0. The first-order valence-corrected chi connectivity index (χ1v) is 10.7. The molecule has 0 bridgehead atoms. The van der Waals surface area contributed by atoms with Gasteiger partial charge in [0.2, 0.25) is 5.91 Å². The van der Waals surface area contributed by atoms with E-state index < -0.39 is 47.1 Å². The van der Waals surface area contributed by atoms with Crippen LogP contribution in [0.5, 0.6) is 0 Å². The van der Waals surface area contributed by atoms with Crippen LogP contribution in [0.2, 0.25) is 0 Å². The molecule has 2 aromatic carbocycles.